The number of ether oxygens (including phenoxy) is 1. The largest absolute Gasteiger partial charge is 0.490 e. The van der Waals surface area contributed by atoms with Crippen molar-refractivity contribution >= 4 is 5.91 Å². The zero-order chi connectivity index (χ0) is 14.7. The molecule has 110 valence electrons. The number of furan rings is 1. The summed E-state index contributed by atoms with van der Waals surface area (Å²) >= 11 is 0. The van der Waals surface area contributed by atoms with Crippen LogP contribution in [-0.4, -0.2) is 30.0 Å². The van der Waals surface area contributed by atoms with Crippen molar-refractivity contribution in [2.75, 3.05) is 13.1 Å². The van der Waals surface area contributed by atoms with Crippen LogP contribution in [0.4, 0.5) is 0 Å². The van der Waals surface area contributed by atoms with E-state index in [4.69, 9.17) is 9.15 Å². The van der Waals surface area contributed by atoms with E-state index in [1.54, 1.807) is 6.07 Å². The predicted octanol–water partition coefficient (Wildman–Crippen LogP) is 3.27. The summed E-state index contributed by atoms with van der Waals surface area (Å²) in [5.74, 6) is 0.951. The van der Waals surface area contributed by atoms with Crippen LogP contribution in [0, 0.1) is 6.92 Å². The molecule has 1 aromatic carbocycles. The molecule has 2 heterocycles. The molecule has 21 heavy (non-hydrogen) atoms. The fourth-order valence-corrected chi connectivity index (χ4v) is 2.63. The molecule has 1 aliphatic rings. The van der Waals surface area contributed by atoms with Crippen LogP contribution in [0.5, 0.6) is 5.75 Å². The molecule has 1 fully saturated rings. The van der Waals surface area contributed by atoms with Crippen molar-refractivity contribution in [2.24, 2.45) is 0 Å². The quantitative estimate of drug-likeness (QED) is 0.869. The number of hydrogen-bond donors (Lipinski definition) is 0. The lowest BCUT2D eigenvalue weighted by Crippen LogP contribution is -2.41. The van der Waals surface area contributed by atoms with E-state index in [1.165, 1.54) is 18.1 Å². The van der Waals surface area contributed by atoms with Crippen LogP contribution in [0.1, 0.15) is 28.8 Å². The highest BCUT2D eigenvalue weighted by Crippen LogP contribution is 2.21. The SMILES string of the molecule is Cc1cccc(OC2CCN(C(=O)c3ccoc3)CC2)c1. The van der Waals surface area contributed by atoms with E-state index in [-0.39, 0.29) is 12.0 Å². The van der Waals surface area contributed by atoms with E-state index in [0.29, 0.717) is 5.56 Å². The van der Waals surface area contributed by atoms with Gasteiger partial charge in [-0.1, -0.05) is 12.1 Å². The third-order valence-electron chi connectivity index (χ3n) is 3.79. The van der Waals surface area contributed by atoms with Crippen molar-refractivity contribution in [1.82, 2.24) is 4.90 Å². The molecule has 2 aromatic rings. The van der Waals surface area contributed by atoms with Gasteiger partial charge in [-0.3, -0.25) is 4.79 Å². The van der Waals surface area contributed by atoms with Gasteiger partial charge in [0.25, 0.3) is 5.91 Å². The van der Waals surface area contributed by atoms with E-state index in [2.05, 4.69) is 13.0 Å². The van der Waals surface area contributed by atoms with Crippen LogP contribution in [0.25, 0.3) is 0 Å². The van der Waals surface area contributed by atoms with Crippen LogP contribution in [0.3, 0.4) is 0 Å². The van der Waals surface area contributed by atoms with Crippen molar-refractivity contribution < 1.29 is 13.9 Å². The second-order valence-electron chi connectivity index (χ2n) is 5.44. The first-order valence-corrected chi connectivity index (χ1v) is 7.27. The molecule has 0 radical (unpaired) electrons. The van der Waals surface area contributed by atoms with E-state index in [1.807, 2.05) is 23.1 Å². The number of carbonyl (C=O) groups excluding carboxylic acids is 1. The van der Waals surface area contributed by atoms with Gasteiger partial charge in [0.15, 0.2) is 0 Å². The maximum atomic E-state index is 12.2. The summed E-state index contributed by atoms with van der Waals surface area (Å²) in [5.41, 5.74) is 1.81. The summed E-state index contributed by atoms with van der Waals surface area (Å²) in [6.07, 6.45) is 4.92. The molecule has 0 aliphatic carbocycles. The molecule has 3 rings (SSSR count). The zero-order valence-electron chi connectivity index (χ0n) is 12.1. The predicted molar refractivity (Wildman–Crippen MR) is 79.4 cm³/mol. The lowest BCUT2D eigenvalue weighted by Gasteiger charge is -2.32. The number of nitrogens with zero attached hydrogens (tertiary/aromatic N) is 1. The minimum atomic E-state index is 0.0396. The Morgan fingerprint density at radius 1 is 1.29 bits per heavy atom. The van der Waals surface area contributed by atoms with Gasteiger partial charge < -0.3 is 14.1 Å². The molecular formula is C17H19NO3. The highest BCUT2D eigenvalue weighted by Gasteiger charge is 2.25. The standard InChI is InChI=1S/C17H19NO3/c1-13-3-2-4-16(11-13)21-15-5-8-18(9-6-15)17(19)14-7-10-20-12-14/h2-4,7,10-12,15H,5-6,8-9H2,1H3. The van der Waals surface area contributed by atoms with Crippen molar-refractivity contribution in [1.29, 1.82) is 0 Å². The van der Waals surface area contributed by atoms with Crippen LogP contribution in [-0.2, 0) is 0 Å². The van der Waals surface area contributed by atoms with Gasteiger partial charge in [0.1, 0.15) is 18.1 Å². The first-order chi connectivity index (χ1) is 10.2. The van der Waals surface area contributed by atoms with Crippen molar-refractivity contribution in [2.45, 2.75) is 25.9 Å². The monoisotopic (exact) mass is 285 g/mol. The second kappa shape index (κ2) is 6.04. The fourth-order valence-electron chi connectivity index (χ4n) is 2.63. The summed E-state index contributed by atoms with van der Waals surface area (Å²) in [5, 5.41) is 0. The number of aryl methyl sites for hydroxylation is 1. The third kappa shape index (κ3) is 3.27. The Morgan fingerprint density at radius 3 is 2.76 bits per heavy atom. The highest BCUT2D eigenvalue weighted by atomic mass is 16.5. The van der Waals surface area contributed by atoms with Crippen LogP contribution >= 0.6 is 0 Å². The molecule has 4 nitrogen and oxygen atoms in total. The van der Waals surface area contributed by atoms with E-state index < -0.39 is 0 Å². The molecule has 0 spiro atoms. The average molecular weight is 285 g/mol. The first kappa shape index (κ1) is 13.7. The Balaban J connectivity index is 1.54. The fraction of sp³-hybridized carbons (Fsp3) is 0.353. The molecule has 4 heteroatoms. The molecule has 0 saturated carbocycles. The lowest BCUT2D eigenvalue weighted by molar-refractivity contribution is 0.0595. The molecule has 0 atom stereocenters. The van der Waals surface area contributed by atoms with Gasteiger partial charge in [0.2, 0.25) is 0 Å². The van der Waals surface area contributed by atoms with Crippen molar-refractivity contribution in [3.8, 4) is 5.75 Å². The molecule has 1 aliphatic heterocycles. The third-order valence-corrected chi connectivity index (χ3v) is 3.79. The Kier molecular flexibility index (Phi) is 3.95. The molecule has 0 unspecified atom stereocenters. The van der Waals surface area contributed by atoms with Gasteiger partial charge in [0, 0.05) is 25.9 Å². The molecule has 0 bridgehead atoms. The van der Waals surface area contributed by atoms with Crippen LogP contribution in [0.15, 0.2) is 47.3 Å². The normalized spacial score (nSPS) is 16.0. The van der Waals surface area contributed by atoms with E-state index in [0.717, 1.165) is 31.7 Å². The summed E-state index contributed by atoms with van der Waals surface area (Å²) in [7, 11) is 0. The number of hydrogen-bond acceptors (Lipinski definition) is 3. The summed E-state index contributed by atoms with van der Waals surface area (Å²) in [6, 6.07) is 9.79. The van der Waals surface area contributed by atoms with Gasteiger partial charge in [-0.25, -0.2) is 0 Å². The summed E-state index contributed by atoms with van der Waals surface area (Å²) in [6.45, 7) is 3.50. The maximum absolute atomic E-state index is 12.2. The van der Waals surface area contributed by atoms with Gasteiger partial charge >= 0.3 is 0 Å². The molecule has 1 saturated heterocycles. The Labute approximate surface area is 124 Å². The second-order valence-corrected chi connectivity index (χ2v) is 5.44. The minimum absolute atomic E-state index is 0.0396. The summed E-state index contributed by atoms with van der Waals surface area (Å²) < 4.78 is 11.0. The molecule has 0 N–H and O–H groups in total. The van der Waals surface area contributed by atoms with Crippen molar-refractivity contribution in [3.05, 3.63) is 54.0 Å². The smallest absolute Gasteiger partial charge is 0.257 e. The Hall–Kier alpha value is -2.23. The Bertz CT molecular complexity index is 598. The number of benzene rings is 1. The first-order valence-electron chi connectivity index (χ1n) is 7.27. The minimum Gasteiger partial charge on any atom is -0.490 e. The highest BCUT2D eigenvalue weighted by molar-refractivity contribution is 5.93. The van der Waals surface area contributed by atoms with Gasteiger partial charge in [-0.05, 0) is 30.7 Å². The van der Waals surface area contributed by atoms with E-state index in [9.17, 15) is 4.79 Å². The topological polar surface area (TPSA) is 42.7 Å². The number of likely N-dealkylation sites (tertiary alicyclic amines) is 1. The molecule has 1 aromatic heterocycles. The van der Waals surface area contributed by atoms with Gasteiger partial charge in [0.05, 0.1) is 11.8 Å². The average Bonchev–Trinajstić information content (AvgIpc) is 3.01. The number of amides is 1. The number of rotatable bonds is 3. The van der Waals surface area contributed by atoms with Crippen LogP contribution < -0.4 is 4.74 Å². The Morgan fingerprint density at radius 2 is 2.10 bits per heavy atom. The molecule has 1 amide bonds. The lowest BCUT2D eigenvalue weighted by atomic mass is 10.1. The van der Waals surface area contributed by atoms with Crippen LogP contribution in [0.2, 0.25) is 0 Å². The van der Waals surface area contributed by atoms with Gasteiger partial charge in [-0.15, -0.1) is 0 Å². The van der Waals surface area contributed by atoms with Gasteiger partial charge in [-0.2, -0.15) is 0 Å². The number of carbonyl (C=O) groups is 1. The zero-order valence-corrected chi connectivity index (χ0v) is 12.1. The maximum Gasteiger partial charge on any atom is 0.257 e. The molecular weight excluding hydrogens is 266 g/mol. The number of piperidine rings is 1. The summed E-state index contributed by atoms with van der Waals surface area (Å²) in [4.78, 5) is 14.1. The van der Waals surface area contributed by atoms with Crippen molar-refractivity contribution in [3.63, 3.8) is 0 Å². The van der Waals surface area contributed by atoms with E-state index >= 15 is 0 Å².